The number of sulfonamides is 1. The predicted octanol–water partition coefficient (Wildman–Crippen LogP) is 3.20. The highest BCUT2D eigenvalue weighted by Crippen LogP contribution is 2.27. The third-order valence-corrected chi connectivity index (χ3v) is 7.41. The number of likely N-dealkylation sites (tertiary alicyclic amines) is 2. The van der Waals surface area contributed by atoms with E-state index in [9.17, 15) is 13.2 Å². The maximum Gasteiger partial charge on any atom is 0.262 e. The summed E-state index contributed by atoms with van der Waals surface area (Å²) in [5, 5.41) is 0. The first-order chi connectivity index (χ1) is 15.0. The molecule has 0 aliphatic carbocycles. The number of rotatable bonds is 7. The quantitative estimate of drug-likeness (QED) is 0.711. The average Bonchev–Trinajstić information content (AvgIpc) is 3.46. The molecule has 1 atom stereocenters. The van der Waals surface area contributed by atoms with Gasteiger partial charge in [0.2, 0.25) is 0 Å². The number of hydrogen-bond donors (Lipinski definition) is 1. The Kier molecular flexibility index (Phi) is 6.48. The summed E-state index contributed by atoms with van der Waals surface area (Å²) < 4.78 is 33.7. The fourth-order valence-electron chi connectivity index (χ4n) is 4.45. The van der Waals surface area contributed by atoms with Gasteiger partial charge < -0.3 is 14.5 Å². The molecule has 4 rings (SSSR count). The summed E-state index contributed by atoms with van der Waals surface area (Å²) in [4.78, 5) is 17.6. The first kappa shape index (κ1) is 21.6. The van der Waals surface area contributed by atoms with E-state index < -0.39 is 10.0 Å². The number of benzene rings is 2. The van der Waals surface area contributed by atoms with E-state index >= 15 is 0 Å². The Hall–Kier alpha value is -2.58. The Morgan fingerprint density at radius 1 is 1.06 bits per heavy atom. The van der Waals surface area contributed by atoms with E-state index in [0.29, 0.717) is 23.5 Å². The van der Waals surface area contributed by atoms with Gasteiger partial charge in [-0.1, -0.05) is 18.2 Å². The molecule has 7 nitrogen and oxygen atoms in total. The van der Waals surface area contributed by atoms with Crippen LogP contribution in [0.2, 0.25) is 0 Å². The van der Waals surface area contributed by atoms with Crippen molar-refractivity contribution in [1.82, 2.24) is 9.80 Å². The second-order valence-electron chi connectivity index (χ2n) is 8.14. The molecular formula is C23H29N3O4S. The van der Waals surface area contributed by atoms with E-state index in [1.807, 2.05) is 4.90 Å². The van der Waals surface area contributed by atoms with Crippen LogP contribution in [0, 0.1) is 0 Å². The van der Waals surface area contributed by atoms with Crippen molar-refractivity contribution in [3.63, 3.8) is 0 Å². The minimum Gasteiger partial charge on any atom is -0.495 e. The number of para-hydroxylation sites is 2. The monoisotopic (exact) mass is 443 g/mol. The van der Waals surface area contributed by atoms with Gasteiger partial charge in [-0.25, -0.2) is 8.42 Å². The average molecular weight is 444 g/mol. The molecule has 0 saturated carbocycles. The van der Waals surface area contributed by atoms with Crippen molar-refractivity contribution in [2.45, 2.75) is 36.6 Å². The van der Waals surface area contributed by atoms with E-state index in [2.05, 4.69) is 9.62 Å². The third-order valence-electron chi connectivity index (χ3n) is 6.05. The highest BCUT2D eigenvalue weighted by Gasteiger charge is 2.32. The van der Waals surface area contributed by atoms with Crippen LogP contribution in [0.25, 0.3) is 0 Å². The van der Waals surface area contributed by atoms with Gasteiger partial charge in [-0.2, -0.15) is 0 Å². The van der Waals surface area contributed by atoms with Gasteiger partial charge in [0, 0.05) is 24.7 Å². The van der Waals surface area contributed by atoms with Crippen LogP contribution in [0.4, 0.5) is 5.69 Å². The minimum atomic E-state index is -3.87. The summed E-state index contributed by atoms with van der Waals surface area (Å²) >= 11 is 0. The molecule has 2 fully saturated rings. The van der Waals surface area contributed by atoms with E-state index in [1.165, 1.54) is 32.1 Å². The van der Waals surface area contributed by atoms with Gasteiger partial charge >= 0.3 is 0 Å². The lowest BCUT2D eigenvalue weighted by molar-refractivity contribution is 0.0708. The number of nitrogens with one attached hydrogen (secondary N) is 1. The van der Waals surface area contributed by atoms with E-state index in [1.54, 1.807) is 36.4 Å². The lowest BCUT2D eigenvalue weighted by Gasteiger charge is -2.28. The number of nitrogens with zero attached hydrogens (tertiary/aromatic N) is 2. The van der Waals surface area contributed by atoms with Crippen LogP contribution in [0.3, 0.4) is 0 Å². The van der Waals surface area contributed by atoms with Crippen molar-refractivity contribution in [3.8, 4) is 5.75 Å². The highest BCUT2D eigenvalue weighted by atomic mass is 32.2. The van der Waals surface area contributed by atoms with Gasteiger partial charge in [-0.3, -0.25) is 9.52 Å². The van der Waals surface area contributed by atoms with Crippen molar-refractivity contribution in [1.29, 1.82) is 0 Å². The first-order valence-electron chi connectivity index (χ1n) is 10.8. The zero-order valence-corrected chi connectivity index (χ0v) is 18.6. The third kappa shape index (κ3) is 4.85. The normalized spacial score (nSPS) is 19.5. The van der Waals surface area contributed by atoms with Gasteiger partial charge in [-0.05, 0) is 69.1 Å². The molecule has 31 heavy (non-hydrogen) atoms. The van der Waals surface area contributed by atoms with E-state index in [0.717, 1.165) is 32.5 Å². The molecule has 0 radical (unpaired) electrons. The molecule has 2 heterocycles. The van der Waals surface area contributed by atoms with Gasteiger partial charge in [0.05, 0.1) is 17.7 Å². The summed E-state index contributed by atoms with van der Waals surface area (Å²) in [6.45, 7) is 3.81. The Morgan fingerprint density at radius 2 is 1.84 bits per heavy atom. The Labute approximate surface area is 184 Å². The fourth-order valence-corrected chi connectivity index (χ4v) is 5.57. The Bertz CT molecular complexity index is 1030. The van der Waals surface area contributed by atoms with Gasteiger partial charge in [0.25, 0.3) is 15.9 Å². The molecule has 2 aliphatic heterocycles. The van der Waals surface area contributed by atoms with Crippen LogP contribution in [0.5, 0.6) is 5.75 Å². The van der Waals surface area contributed by atoms with Crippen molar-refractivity contribution < 1.29 is 17.9 Å². The number of hydrogen-bond acceptors (Lipinski definition) is 5. The summed E-state index contributed by atoms with van der Waals surface area (Å²) in [5.74, 6) is 0.330. The fraction of sp³-hybridized carbons (Fsp3) is 0.435. The first-order valence-corrected chi connectivity index (χ1v) is 12.3. The van der Waals surface area contributed by atoms with Gasteiger partial charge in [-0.15, -0.1) is 0 Å². The molecule has 2 aromatic carbocycles. The molecule has 2 aliphatic rings. The van der Waals surface area contributed by atoms with Crippen molar-refractivity contribution in [3.05, 3.63) is 54.1 Å². The van der Waals surface area contributed by atoms with Crippen LogP contribution in [-0.2, 0) is 10.0 Å². The van der Waals surface area contributed by atoms with Crippen LogP contribution >= 0.6 is 0 Å². The van der Waals surface area contributed by atoms with Crippen molar-refractivity contribution in [2.75, 3.05) is 38.0 Å². The summed E-state index contributed by atoms with van der Waals surface area (Å²) in [5.41, 5.74) is 0.753. The second-order valence-corrected chi connectivity index (χ2v) is 9.82. The van der Waals surface area contributed by atoms with Gasteiger partial charge in [0.1, 0.15) is 5.75 Å². The topological polar surface area (TPSA) is 78.9 Å². The Balaban J connectivity index is 1.52. The number of ether oxygens (including phenoxy) is 1. The van der Waals surface area contributed by atoms with Crippen LogP contribution < -0.4 is 9.46 Å². The molecule has 0 bridgehead atoms. The standard InChI is InChI=1S/C23H29N3O4S/c1-30-22-12-3-2-11-21(22)24-31(28,29)20-10-6-8-18(16-20)23(27)26-15-7-9-19(26)17-25-13-4-5-14-25/h2-3,6,8,10-12,16,19,24H,4-5,7,9,13-15,17H2,1H3. The number of methoxy groups -OCH3 is 1. The second kappa shape index (κ2) is 9.28. The maximum absolute atomic E-state index is 13.2. The molecule has 1 unspecified atom stereocenters. The molecule has 8 heteroatoms. The van der Waals surface area contributed by atoms with E-state index in [-0.39, 0.29) is 16.8 Å². The Morgan fingerprint density at radius 3 is 2.61 bits per heavy atom. The molecule has 2 aromatic rings. The highest BCUT2D eigenvalue weighted by molar-refractivity contribution is 7.92. The minimum absolute atomic E-state index is 0.0551. The molecular weight excluding hydrogens is 414 g/mol. The van der Waals surface area contributed by atoms with Crippen LogP contribution in [-0.4, -0.2) is 63.5 Å². The molecule has 1 N–H and O–H groups in total. The molecule has 1 amide bonds. The van der Waals surface area contributed by atoms with Crippen molar-refractivity contribution in [2.24, 2.45) is 0 Å². The molecule has 166 valence electrons. The largest absolute Gasteiger partial charge is 0.495 e. The number of amides is 1. The smallest absolute Gasteiger partial charge is 0.262 e. The van der Waals surface area contributed by atoms with E-state index in [4.69, 9.17) is 4.74 Å². The van der Waals surface area contributed by atoms with Gasteiger partial charge in [0.15, 0.2) is 0 Å². The number of carbonyl (C=O) groups excluding carboxylic acids is 1. The number of carbonyl (C=O) groups is 1. The lowest BCUT2D eigenvalue weighted by atomic mass is 10.1. The molecule has 0 spiro atoms. The SMILES string of the molecule is COc1ccccc1NS(=O)(=O)c1cccc(C(=O)N2CCCC2CN2CCCC2)c1. The maximum atomic E-state index is 13.2. The van der Waals surface area contributed by atoms with Crippen LogP contribution in [0.1, 0.15) is 36.0 Å². The van der Waals surface area contributed by atoms with Crippen LogP contribution in [0.15, 0.2) is 53.4 Å². The summed E-state index contributed by atoms with van der Waals surface area (Å²) in [6, 6.07) is 13.3. The predicted molar refractivity (Wildman–Crippen MR) is 120 cm³/mol. The zero-order valence-electron chi connectivity index (χ0n) is 17.8. The number of anilines is 1. The van der Waals surface area contributed by atoms with Crippen molar-refractivity contribution >= 4 is 21.6 Å². The summed E-state index contributed by atoms with van der Waals surface area (Å²) in [7, 11) is -2.38. The zero-order chi connectivity index (χ0) is 21.8. The molecule has 0 aromatic heterocycles. The molecule has 2 saturated heterocycles. The summed E-state index contributed by atoms with van der Waals surface area (Å²) in [6.07, 6.45) is 4.42. The lowest BCUT2D eigenvalue weighted by Crippen LogP contribution is -2.42.